The van der Waals surface area contributed by atoms with Gasteiger partial charge in [-0.2, -0.15) is 4.31 Å². The maximum absolute atomic E-state index is 13.6. The molecule has 1 heterocycles. The van der Waals surface area contributed by atoms with Crippen LogP contribution >= 0.6 is 11.6 Å². The predicted molar refractivity (Wildman–Crippen MR) is 104 cm³/mol. The summed E-state index contributed by atoms with van der Waals surface area (Å²) in [6.45, 7) is -0.661. The van der Waals surface area contributed by atoms with E-state index < -0.39 is 51.9 Å². The number of nitrogens with zero attached hydrogens (tertiary/aromatic N) is 1. The summed E-state index contributed by atoms with van der Waals surface area (Å²) in [5, 5.41) is 2.46. The van der Waals surface area contributed by atoms with Crippen LogP contribution in [-0.2, 0) is 24.3 Å². The Labute approximate surface area is 176 Å². The van der Waals surface area contributed by atoms with E-state index in [1.807, 2.05) is 0 Å². The minimum absolute atomic E-state index is 0.0223. The number of carbonyl (C=O) groups excluding carboxylic acids is 2. The lowest BCUT2D eigenvalue weighted by atomic mass is 10.2. The third kappa shape index (κ3) is 4.94. The first-order valence-electron chi connectivity index (χ1n) is 8.87. The van der Waals surface area contributed by atoms with Gasteiger partial charge >= 0.3 is 5.97 Å². The van der Waals surface area contributed by atoms with Crippen molar-refractivity contribution < 1.29 is 31.5 Å². The molecule has 1 aliphatic rings. The zero-order valence-electron chi connectivity index (χ0n) is 15.5. The lowest BCUT2D eigenvalue weighted by Crippen LogP contribution is -2.42. The Balaban J connectivity index is 1.63. The molecule has 1 atom stereocenters. The second-order valence-electron chi connectivity index (χ2n) is 6.51. The van der Waals surface area contributed by atoms with Gasteiger partial charge in [-0.15, -0.1) is 0 Å². The number of anilines is 1. The highest BCUT2D eigenvalue weighted by atomic mass is 35.5. The average molecular weight is 459 g/mol. The molecule has 1 saturated heterocycles. The number of sulfonamides is 1. The topological polar surface area (TPSA) is 92.8 Å². The van der Waals surface area contributed by atoms with Crippen LogP contribution in [0.1, 0.15) is 12.8 Å². The van der Waals surface area contributed by atoms with Crippen LogP contribution in [-0.4, -0.2) is 43.8 Å². The summed E-state index contributed by atoms with van der Waals surface area (Å²) in [5.41, 5.74) is -0.399. The van der Waals surface area contributed by atoms with E-state index in [0.717, 1.165) is 22.5 Å². The van der Waals surface area contributed by atoms with E-state index in [2.05, 4.69) is 5.32 Å². The smallest absolute Gasteiger partial charge is 0.324 e. The van der Waals surface area contributed by atoms with Crippen LogP contribution in [0, 0.1) is 11.6 Å². The molecule has 0 spiro atoms. The molecule has 1 N–H and O–H groups in total. The van der Waals surface area contributed by atoms with Crippen molar-refractivity contribution in [3.05, 3.63) is 59.1 Å². The molecule has 0 saturated carbocycles. The highest BCUT2D eigenvalue weighted by Crippen LogP contribution is 2.27. The molecule has 0 unspecified atom stereocenters. The first-order valence-corrected chi connectivity index (χ1v) is 10.7. The number of nitrogens with one attached hydrogen (secondary N) is 1. The van der Waals surface area contributed by atoms with Gasteiger partial charge in [0.2, 0.25) is 10.0 Å². The van der Waals surface area contributed by atoms with Gasteiger partial charge in [0.15, 0.2) is 6.61 Å². The molecule has 160 valence electrons. The average Bonchev–Trinajstić information content (AvgIpc) is 3.20. The van der Waals surface area contributed by atoms with E-state index in [1.165, 1.54) is 24.3 Å². The fraction of sp³-hybridized carbons (Fsp3) is 0.263. The van der Waals surface area contributed by atoms with Crippen LogP contribution in [0.4, 0.5) is 14.5 Å². The van der Waals surface area contributed by atoms with Crippen molar-refractivity contribution in [3.63, 3.8) is 0 Å². The van der Waals surface area contributed by atoms with Crippen LogP contribution in [0.15, 0.2) is 47.4 Å². The van der Waals surface area contributed by atoms with Crippen molar-refractivity contribution in [2.24, 2.45) is 0 Å². The van der Waals surface area contributed by atoms with Gasteiger partial charge in [-0.25, -0.2) is 17.2 Å². The molecule has 1 aliphatic heterocycles. The molecule has 2 aromatic rings. The Hall–Kier alpha value is -2.56. The fourth-order valence-corrected chi connectivity index (χ4v) is 4.79. The first-order chi connectivity index (χ1) is 14.2. The standard InChI is InChI=1S/C19H17ClF2N2O5S/c20-12-3-6-14(7-4-12)30(27,28)24-9-1-2-17(24)19(26)29-11-18(25)23-16-10-13(21)5-8-15(16)22/h3-8,10,17H,1-2,9,11H2,(H,23,25)/t17-/m0/s1. The number of halogens is 3. The van der Waals surface area contributed by atoms with Gasteiger partial charge < -0.3 is 10.1 Å². The van der Waals surface area contributed by atoms with Gasteiger partial charge in [-0.3, -0.25) is 9.59 Å². The maximum Gasteiger partial charge on any atom is 0.324 e. The summed E-state index contributed by atoms with van der Waals surface area (Å²) >= 11 is 5.78. The summed E-state index contributed by atoms with van der Waals surface area (Å²) in [5.74, 6) is -3.40. The Bertz CT molecular complexity index is 1060. The second-order valence-corrected chi connectivity index (χ2v) is 8.83. The van der Waals surface area contributed by atoms with Crippen molar-refractivity contribution in [2.45, 2.75) is 23.8 Å². The Morgan fingerprint density at radius 2 is 1.87 bits per heavy atom. The van der Waals surface area contributed by atoms with Crippen molar-refractivity contribution in [1.82, 2.24) is 4.31 Å². The number of benzene rings is 2. The van der Waals surface area contributed by atoms with Gasteiger partial charge in [-0.1, -0.05) is 11.6 Å². The van der Waals surface area contributed by atoms with E-state index in [-0.39, 0.29) is 17.9 Å². The number of ether oxygens (including phenoxy) is 1. The van der Waals surface area contributed by atoms with Crippen molar-refractivity contribution in [2.75, 3.05) is 18.5 Å². The number of hydrogen-bond donors (Lipinski definition) is 1. The van der Waals surface area contributed by atoms with E-state index >= 15 is 0 Å². The molecular weight excluding hydrogens is 442 g/mol. The quantitative estimate of drug-likeness (QED) is 0.672. The SMILES string of the molecule is O=C(COC(=O)[C@@H]1CCCN1S(=O)(=O)c1ccc(Cl)cc1)Nc1cc(F)ccc1F. The predicted octanol–water partition coefficient (Wildman–Crippen LogP) is 2.95. The van der Waals surface area contributed by atoms with Crippen LogP contribution in [0.5, 0.6) is 0 Å². The van der Waals surface area contributed by atoms with Gasteiger partial charge in [0.1, 0.15) is 17.7 Å². The van der Waals surface area contributed by atoms with Crippen molar-refractivity contribution >= 4 is 39.2 Å². The fourth-order valence-electron chi connectivity index (χ4n) is 3.02. The zero-order chi connectivity index (χ0) is 21.9. The summed E-state index contributed by atoms with van der Waals surface area (Å²) in [7, 11) is -3.97. The van der Waals surface area contributed by atoms with Crippen LogP contribution in [0.3, 0.4) is 0 Å². The molecule has 30 heavy (non-hydrogen) atoms. The Morgan fingerprint density at radius 1 is 1.17 bits per heavy atom. The van der Waals surface area contributed by atoms with E-state index in [9.17, 15) is 26.8 Å². The molecule has 0 radical (unpaired) electrons. The summed E-state index contributed by atoms with van der Waals surface area (Å²) < 4.78 is 58.3. The van der Waals surface area contributed by atoms with E-state index in [4.69, 9.17) is 16.3 Å². The van der Waals surface area contributed by atoms with Crippen molar-refractivity contribution in [1.29, 1.82) is 0 Å². The van der Waals surface area contributed by atoms with Crippen molar-refractivity contribution in [3.8, 4) is 0 Å². The van der Waals surface area contributed by atoms with Crippen LogP contribution in [0.25, 0.3) is 0 Å². The molecule has 0 bridgehead atoms. The molecular formula is C19H17ClF2N2O5S. The van der Waals surface area contributed by atoms with Crippen LogP contribution in [0.2, 0.25) is 5.02 Å². The summed E-state index contributed by atoms with van der Waals surface area (Å²) in [6, 6.07) is 6.94. The van der Waals surface area contributed by atoms with E-state index in [0.29, 0.717) is 11.4 Å². The summed E-state index contributed by atoms with van der Waals surface area (Å²) in [6.07, 6.45) is 0.666. The van der Waals surface area contributed by atoms with Gasteiger partial charge in [0.05, 0.1) is 10.6 Å². The Kier molecular flexibility index (Phi) is 6.69. The third-order valence-corrected chi connectivity index (χ3v) is 6.62. The molecule has 3 rings (SSSR count). The number of hydrogen-bond acceptors (Lipinski definition) is 5. The Morgan fingerprint density at radius 3 is 2.57 bits per heavy atom. The molecule has 1 amide bonds. The highest BCUT2D eigenvalue weighted by molar-refractivity contribution is 7.89. The molecule has 0 aliphatic carbocycles. The van der Waals surface area contributed by atoms with Gasteiger partial charge in [0.25, 0.3) is 5.91 Å². The number of rotatable bonds is 6. The molecule has 11 heteroatoms. The van der Waals surface area contributed by atoms with Gasteiger partial charge in [-0.05, 0) is 49.2 Å². The lowest BCUT2D eigenvalue weighted by Gasteiger charge is -2.22. The highest BCUT2D eigenvalue weighted by Gasteiger charge is 2.40. The normalized spacial score (nSPS) is 17.0. The second kappa shape index (κ2) is 9.07. The largest absolute Gasteiger partial charge is 0.454 e. The van der Waals surface area contributed by atoms with E-state index in [1.54, 1.807) is 0 Å². The molecule has 1 fully saturated rings. The summed E-state index contributed by atoms with van der Waals surface area (Å²) in [4.78, 5) is 24.3. The molecule has 0 aromatic heterocycles. The zero-order valence-corrected chi connectivity index (χ0v) is 17.1. The number of esters is 1. The molecule has 2 aromatic carbocycles. The number of amides is 1. The minimum atomic E-state index is -3.97. The third-order valence-electron chi connectivity index (χ3n) is 4.44. The maximum atomic E-state index is 13.6. The lowest BCUT2D eigenvalue weighted by molar-refractivity contribution is -0.150. The minimum Gasteiger partial charge on any atom is -0.454 e. The number of carbonyl (C=O) groups is 2. The monoisotopic (exact) mass is 458 g/mol. The van der Waals surface area contributed by atoms with Crippen LogP contribution < -0.4 is 5.32 Å². The first kappa shape index (κ1) is 22.1. The van der Waals surface area contributed by atoms with Gasteiger partial charge in [0, 0.05) is 17.6 Å². The molecule has 7 nitrogen and oxygen atoms in total.